The second kappa shape index (κ2) is 8.64. The van der Waals surface area contributed by atoms with Crippen molar-refractivity contribution in [3.63, 3.8) is 0 Å². The summed E-state index contributed by atoms with van der Waals surface area (Å²) >= 11 is 0. The molecule has 0 spiro atoms. The minimum atomic E-state index is -1.32. The number of ether oxygens (including phenoxy) is 1. The molecule has 1 amide bonds. The molecule has 1 N–H and O–H groups in total. The van der Waals surface area contributed by atoms with Gasteiger partial charge in [-0.3, -0.25) is 9.00 Å². The summed E-state index contributed by atoms with van der Waals surface area (Å²) in [6.07, 6.45) is 0.707. The molecule has 0 unspecified atom stereocenters. The lowest BCUT2D eigenvalue weighted by Crippen LogP contribution is -2.30. The van der Waals surface area contributed by atoms with E-state index in [4.69, 9.17) is 4.74 Å². The quantitative estimate of drug-likeness (QED) is 0.839. The lowest BCUT2D eigenvalue weighted by molar-refractivity contribution is -0.118. The summed E-state index contributed by atoms with van der Waals surface area (Å²) in [5.41, 5.74) is 3.08. The average Bonchev–Trinajstić information content (AvgIpc) is 2.57. The highest BCUT2D eigenvalue weighted by molar-refractivity contribution is 7.85. The SMILES string of the molecule is COc1cccc(CCNC(=O)C[S@](=O)c2cc(C)ccc2C)c1. The number of rotatable bonds is 7. The van der Waals surface area contributed by atoms with Crippen LogP contribution >= 0.6 is 0 Å². The molecule has 0 saturated carbocycles. The zero-order valence-electron chi connectivity index (χ0n) is 14.3. The van der Waals surface area contributed by atoms with Gasteiger partial charge >= 0.3 is 0 Å². The van der Waals surface area contributed by atoms with E-state index in [1.165, 1.54) is 0 Å². The lowest BCUT2D eigenvalue weighted by Gasteiger charge is -2.09. The molecule has 4 nitrogen and oxygen atoms in total. The van der Waals surface area contributed by atoms with Gasteiger partial charge in [0.2, 0.25) is 5.91 Å². The number of carbonyl (C=O) groups excluding carboxylic acids is 1. The number of hydrogen-bond acceptors (Lipinski definition) is 3. The van der Waals surface area contributed by atoms with E-state index in [9.17, 15) is 9.00 Å². The number of amides is 1. The molecule has 128 valence electrons. The van der Waals surface area contributed by atoms with Gasteiger partial charge in [0, 0.05) is 11.4 Å². The molecule has 0 aromatic heterocycles. The van der Waals surface area contributed by atoms with Crippen molar-refractivity contribution in [3.05, 3.63) is 59.2 Å². The first-order valence-corrected chi connectivity index (χ1v) is 9.16. The summed E-state index contributed by atoms with van der Waals surface area (Å²) in [4.78, 5) is 12.7. The van der Waals surface area contributed by atoms with Crippen molar-refractivity contribution in [3.8, 4) is 5.75 Å². The van der Waals surface area contributed by atoms with Crippen LogP contribution in [-0.4, -0.2) is 29.5 Å². The minimum Gasteiger partial charge on any atom is -0.497 e. The highest BCUT2D eigenvalue weighted by Gasteiger charge is 2.12. The van der Waals surface area contributed by atoms with Crippen molar-refractivity contribution in [1.29, 1.82) is 0 Å². The first-order chi connectivity index (χ1) is 11.5. The Kier molecular flexibility index (Phi) is 6.55. The standard InChI is InChI=1S/C19H23NO3S/c1-14-7-8-15(2)18(11-14)24(22)13-19(21)20-10-9-16-5-4-6-17(12-16)23-3/h4-8,11-12H,9-10,13H2,1-3H3,(H,20,21)/t24-/m0/s1. The van der Waals surface area contributed by atoms with E-state index in [2.05, 4.69) is 5.32 Å². The van der Waals surface area contributed by atoms with Gasteiger partial charge in [-0.05, 0) is 55.2 Å². The van der Waals surface area contributed by atoms with Crippen LogP contribution in [0.2, 0.25) is 0 Å². The molecule has 5 heteroatoms. The smallest absolute Gasteiger partial charge is 0.233 e. The molecular formula is C19H23NO3S. The minimum absolute atomic E-state index is 0.0115. The predicted octanol–water partition coefficient (Wildman–Crippen LogP) is 2.78. The van der Waals surface area contributed by atoms with Crippen molar-refractivity contribution in [1.82, 2.24) is 5.32 Å². The Bertz CT molecular complexity index is 743. The normalized spacial score (nSPS) is 11.8. The lowest BCUT2D eigenvalue weighted by atomic mass is 10.1. The third-order valence-electron chi connectivity index (χ3n) is 3.72. The Labute approximate surface area is 145 Å². The molecule has 0 aliphatic heterocycles. The molecule has 1 atom stereocenters. The van der Waals surface area contributed by atoms with Crippen molar-refractivity contribution in [2.75, 3.05) is 19.4 Å². The van der Waals surface area contributed by atoms with Gasteiger partial charge in [-0.25, -0.2) is 0 Å². The van der Waals surface area contributed by atoms with E-state index in [0.29, 0.717) is 13.0 Å². The van der Waals surface area contributed by atoms with Gasteiger partial charge in [0.05, 0.1) is 17.9 Å². The summed E-state index contributed by atoms with van der Waals surface area (Å²) < 4.78 is 17.6. The van der Waals surface area contributed by atoms with Crippen molar-refractivity contribution in [2.24, 2.45) is 0 Å². The maximum atomic E-state index is 12.4. The molecule has 0 aliphatic rings. The first-order valence-electron chi connectivity index (χ1n) is 7.85. The summed E-state index contributed by atoms with van der Waals surface area (Å²) in [6, 6.07) is 13.5. The number of aryl methyl sites for hydroxylation is 2. The maximum absolute atomic E-state index is 12.4. The predicted molar refractivity (Wildman–Crippen MR) is 96.9 cm³/mol. The Hall–Kier alpha value is -2.14. The number of nitrogens with one attached hydrogen (secondary N) is 1. The van der Waals surface area contributed by atoms with Crippen molar-refractivity contribution >= 4 is 16.7 Å². The van der Waals surface area contributed by atoms with E-state index in [1.54, 1.807) is 7.11 Å². The molecule has 0 bridgehead atoms. The molecule has 0 fully saturated rings. The second-order valence-electron chi connectivity index (χ2n) is 5.71. The van der Waals surface area contributed by atoms with E-state index in [1.807, 2.05) is 56.3 Å². The Morgan fingerprint density at radius 3 is 2.71 bits per heavy atom. The molecule has 0 saturated heterocycles. The fraction of sp³-hybridized carbons (Fsp3) is 0.316. The van der Waals surface area contributed by atoms with Crippen LogP contribution in [0.4, 0.5) is 0 Å². The third kappa shape index (κ3) is 5.20. The second-order valence-corrected chi connectivity index (χ2v) is 7.13. The van der Waals surface area contributed by atoms with Crippen LogP contribution in [-0.2, 0) is 22.0 Å². The number of carbonyl (C=O) groups is 1. The van der Waals surface area contributed by atoms with Crippen LogP contribution in [0.25, 0.3) is 0 Å². The van der Waals surface area contributed by atoms with Crippen LogP contribution in [0, 0.1) is 13.8 Å². The van der Waals surface area contributed by atoms with Crippen LogP contribution in [0.3, 0.4) is 0 Å². The Morgan fingerprint density at radius 1 is 1.17 bits per heavy atom. The van der Waals surface area contributed by atoms with Gasteiger partial charge in [0.25, 0.3) is 0 Å². The van der Waals surface area contributed by atoms with Crippen molar-refractivity contribution in [2.45, 2.75) is 25.2 Å². The zero-order valence-corrected chi connectivity index (χ0v) is 15.1. The Morgan fingerprint density at radius 2 is 1.96 bits per heavy atom. The average molecular weight is 345 g/mol. The van der Waals surface area contributed by atoms with Crippen molar-refractivity contribution < 1.29 is 13.7 Å². The maximum Gasteiger partial charge on any atom is 0.233 e. The van der Waals surface area contributed by atoms with E-state index in [0.717, 1.165) is 27.3 Å². The van der Waals surface area contributed by atoms with Gasteiger partial charge in [-0.15, -0.1) is 0 Å². The Balaban J connectivity index is 1.84. The number of methoxy groups -OCH3 is 1. The largest absolute Gasteiger partial charge is 0.497 e. The molecule has 0 radical (unpaired) electrons. The fourth-order valence-corrected chi connectivity index (χ4v) is 3.61. The topological polar surface area (TPSA) is 55.4 Å². The molecule has 2 aromatic carbocycles. The van der Waals surface area contributed by atoms with E-state index >= 15 is 0 Å². The van der Waals surface area contributed by atoms with Crippen LogP contribution in [0.1, 0.15) is 16.7 Å². The first kappa shape index (κ1) is 18.2. The summed E-state index contributed by atoms with van der Waals surface area (Å²) in [6.45, 7) is 4.37. The van der Waals surface area contributed by atoms with Crippen LogP contribution < -0.4 is 10.1 Å². The number of benzene rings is 2. The van der Waals surface area contributed by atoms with Gasteiger partial charge in [-0.2, -0.15) is 0 Å². The zero-order chi connectivity index (χ0) is 17.5. The highest BCUT2D eigenvalue weighted by Crippen LogP contribution is 2.15. The highest BCUT2D eigenvalue weighted by atomic mass is 32.2. The molecular weight excluding hydrogens is 322 g/mol. The van der Waals surface area contributed by atoms with Crippen LogP contribution in [0.15, 0.2) is 47.4 Å². The van der Waals surface area contributed by atoms with Gasteiger partial charge in [0.1, 0.15) is 11.5 Å². The van der Waals surface area contributed by atoms with E-state index < -0.39 is 10.8 Å². The molecule has 24 heavy (non-hydrogen) atoms. The van der Waals surface area contributed by atoms with Gasteiger partial charge in [0.15, 0.2) is 0 Å². The molecule has 2 aromatic rings. The summed E-state index contributed by atoms with van der Waals surface area (Å²) in [7, 11) is 0.308. The summed E-state index contributed by atoms with van der Waals surface area (Å²) in [5, 5.41) is 2.83. The molecule has 2 rings (SSSR count). The molecule has 0 heterocycles. The van der Waals surface area contributed by atoms with Crippen LogP contribution in [0.5, 0.6) is 5.75 Å². The monoisotopic (exact) mass is 345 g/mol. The number of hydrogen-bond donors (Lipinski definition) is 1. The molecule has 0 aliphatic carbocycles. The third-order valence-corrected chi connectivity index (χ3v) is 5.18. The fourth-order valence-electron chi connectivity index (χ4n) is 2.37. The van der Waals surface area contributed by atoms with Gasteiger partial charge < -0.3 is 10.1 Å². The summed E-state index contributed by atoms with van der Waals surface area (Å²) in [5.74, 6) is 0.592. The van der Waals surface area contributed by atoms with Gasteiger partial charge in [-0.1, -0.05) is 24.3 Å². The van der Waals surface area contributed by atoms with E-state index in [-0.39, 0.29) is 11.7 Å².